The van der Waals surface area contributed by atoms with Crippen molar-refractivity contribution in [2.45, 2.75) is 13.2 Å². The molecule has 2 aliphatic heterocycles. The standard InChI is InChI=1S/C26H25Cl2N3O6/c1-29-13-18(26(33)34)24(35-14-17-2-4-19(27)20(28)10-17)23(29)25(32)31-8-6-30(7-9-31)12-16-3-5-21-22(11-16)37-15-36-21/h2-5,10-11,13H,6-9,12,14-15H2,1H3,(H,33,34). The van der Waals surface area contributed by atoms with Gasteiger partial charge >= 0.3 is 5.97 Å². The number of fused-ring (bicyclic) bond motifs is 1. The highest BCUT2D eigenvalue weighted by Gasteiger charge is 2.31. The second-order valence-electron chi connectivity index (χ2n) is 8.93. The zero-order valence-electron chi connectivity index (χ0n) is 20.1. The molecule has 0 saturated carbocycles. The molecule has 5 rings (SSSR count). The van der Waals surface area contributed by atoms with Crippen LogP contribution < -0.4 is 14.2 Å². The predicted octanol–water partition coefficient (Wildman–Crippen LogP) is 4.30. The number of piperazine rings is 1. The van der Waals surface area contributed by atoms with E-state index in [1.807, 2.05) is 18.2 Å². The van der Waals surface area contributed by atoms with Crippen LogP contribution in [0.2, 0.25) is 10.0 Å². The molecule has 2 aromatic carbocycles. The highest BCUT2D eigenvalue weighted by atomic mass is 35.5. The van der Waals surface area contributed by atoms with Gasteiger partial charge in [0.2, 0.25) is 6.79 Å². The lowest BCUT2D eigenvalue weighted by Crippen LogP contribution is -2.48. The van der Waals surface area contributed by atoms with Crippen molar-refractivity contribution in [2.24, 2.45) is 7.05 Å². The molecule has 3 heterocycles. The number of ether oxygens (including phenoxy) is 3. The van der Waals surface area contributed by atoms with Gasteiger partial charge in [-0.2, -0.15) is 0 Å². The zero-order chi connectivity index (χ0) is 26.1. The van der Waals surface area contributed by atoms with Crippen LogP contribution in [0.15, 0.2) is 42.6 Å². The number of hydrogen-bond acceptors (Lipinski definition) is 6. The van der Waals surface area contributed by atoms with Gasteiger partial charge in [0.25, 0.3) is 5.91 Å². The number of aromatic nitrogens is 1. The number of aryl methyl sites for hydroxylation is 1. The summed E-state index contributed by atoms with van der Waals surface area (Å²) in [5.41, 5.74) is 1.93. The third kappa shape index (κ3) is 5.34. The van der Waals surface area contributed by atoms with Crippen molar-refractivity contribution in [1.82, 2.24) is 14.4 Å². The van der Waals surface area contributed by atoms with Crippen LogP contribution in [0.4, 0.5) is 0 Å². The number of carboxylic acids is 1. The minimum absolute atomic E-state index is 0.0325. The van der Waals surface area contributed by atoms with Crippen LogP contribution in [0.1, 0.15) is 32.0 Å². The van der Waals surface area contributed by atoms with Crippen molar-refractivity contribution in [3.05, 3.63) is 75.0 Å². The molecule has 1 aromatic heterocycles. The fraction of sp³-hybridized carbons (Fsp3) is 0.308. The van der Waals surface area contributed by atoms with E-state index in [2.05, 4.69) is 4.90 Å². The molecular weight excluding hydrogens is 521 g/mol. The van der Waals surface area contributed by atoms with E-state index in [-0.39, 0.29) is 36.3 Å². The Hall–Kier alpha value is -3.40. The molecule has 0 aliphatic carbocycles. The lowest BCUT2D eigenvalue weighted by molar-refractivity contribution is 0.0614. The van der Waals surface area contributed by atoms with Crippen LogP contribution in [0.25, 0.3) is 0 Å². The zero-order valence-corrected chi connectivity index (χ0v) is 21.6. The van der Waals surface area contributed by atoms with Gasteiger partial charge < -0.3 is 28.8 Å². The molecule has 2 aliphatic rings. The number of carbonyl (C=O) groups excluding carboxylic acids is 1. The normalized spacial score (nSPS) is 15.2. The monoisotopic (exact) mass is 545 g/mol. The Morgan fingerprint density at radius 2 is 1.70 bits per heavy atom. The van der Waals surface area contributed by atoms with Gasteiger partial charge in [0.1, 0.15) is 12.2 Å². The fourth-order valence-electron chi connectivity index (χ4n) is 4.49. The Morgan fingerprint density at radius 1 is 0.973 bits per heavy atom. The number of halogens is 2. The summed E-state index contributed by atoms with van der Waals surface area (Å²) in [6, 6.07) is 10.9. The van der Waals surface area contributed by atoms with Gasteiger partial charge in [0.15, 0.2) is 22.9 Å². The molecule has 0 atom stereocenters. The summed E-state index contributed by atoms with van der Waals surface area (Å²) in [5, 5.41) is 10.5. The molecule has 37 heavy (non-hydrogen) atoms. The van der Waals surface area contributed by atoms with Crippen LogP contribution in [-0.2, 0) is 20.2 Å². The van der Waals surface area contributed by atoms with Crippen LogP contribution in [0.3, 0.4) is 0 Å². The second-order valence-corrected chi connectivity index (χ2v) is 9.74. The van der Waals surface area contributed by atoms with Gasteiger partial charge in [-0.3, -0.25) is 9.69 Å². The summed E-state index contributed by atoms with van der Waals surface area (Å²) in [6.07, 6.45) is 1.40. The lowest BCUT2D eigenvalue weighted by Gasteiger charge is -2.35. The molecule has 1 fully saturated rings. The fourth-order valence-corrected chi connectivity index (χ4v) is 4.81. The van der Waals surface area contributed by atoms with Crippen molar-refractivity contribution in [1.29, 1.82) is 0 Å². The highest BCUT2D eigenvalue weighted by molar-refractivity contribution is 6.42. The van der Waals surface area contributed by atoms with Gasteiger partial charge in [-0.1, -0.05) is 35.3 Å². The van der Waals surface area contributed by atoms with Crippen molar-refractivity contribution in [3.63, 3.8) is 0 Å². The third-order valence-electron chi connectivity index (χ3n) is 6.44. The van der Waals surface area contributed by atoms with Gasteiger partial charge in [0.05, 0.1) is 10.0 Å². The van der Waals surface area contributed by atoms with E-state index in [0.717, 1.165) is 23.6 Å². The Bertz CT molecular complexity index is 1350. The number of carbonyl (C=O) groups is 2. The van der Waals surface area contributed by atoms with E-state index in [0.29, 0.717) is 41.8 Å². The predicted molar refractivity (Wildman–Crippen MR) is 137 cm³/mol. The number of carboxylic acid groups (broad SMARTS) is 1. The summed E-state index contributed by atoms with van der Waals surface area (Å²) in [7, 11) is 1.64. The maximum Gasteiger partial charge on any atom is 0.341 e. The molecule has 194 valence electrons. The smallest absolute Gasteiger partial charge is 0.341 e. The summed E-state index contributed by atoms with van der Waals surface area (Å²) in [5.74, 6) is 0.0837. The lowest BCUT2D eigenvalue weighted by atomic mass is 10.1. The van der Waals surface area contributed by atoms with Gasteiger partial charge in [-0.05, 0) is 35.4 Å². The quantitative estimate of drug-likeness (QED) is 0.473. The molecule has 3 aromatic rings. The first-order valence-corrected chi connectivity index (χ1v) is 12.4. The minimum atomic E-state index is -1.17. The molecule has 0 radical (unpaired) electrons. The molecule has 1 amide bonds. The third-order valence-corrected chi connectivity index (χ3v) is 7.18. The van der Waals surface area contributed by atoms with Gasteiger partial charge in [0, 0.05) is 46.0 Å². The van der Waals surface area contributed by atoms with E-state index < -0.39 is 5.97 Å². The van der Waals surface area contributed by atoms with Gasteiger partial charge in [-0.25, -0.2) is 4.79 Å². The summed E-state index contributed by atoms with van der Waals surface area (Å²) >= 11 is 12.1. The van der Waals surface area contributed by atoms with Crippen LogP contribution in [-0.4, -0.2) is 64.3 Å². The highest BCUT2D eigenvalue weighted by Crippen LogP contribution is 2.33. The van der Waals surface area contributed by atoms with Crippen LogP contribution in [0, 0.1) is 0 Å². The number of aromatic carboxylic acids is 1. The maximum absolute atomic E-state index is 13.5. The van der Waals surface area contributed by atoms with Crippen LogP contribution >= 0.6 is 23.2 Å². The average Bonchev–Trinajstić information content (AvgIpc) is 3.48. The average molecular weight is 546 g/mol. The topological polar surface area (TPSA) is 93.5 Å². The number of rotatable bonds is 7. The SMILES string of the molecule is Cn1cc(C(=O)O)c(OCc2ccc(Cl)c(Cl)c2)c1C(=O)N1CCN(Cc2ccc3c(c2)OCO3)CC1. The van der Waals surface area contributed by atoms with Crippen molar-refractivity contribution >= 4 is 35.1 Å². The number of nitrogens with zero attached hydrogens (tertiary/aromatic N) is 3. The first-order chi connectivity index (χ1) is 17.8. The van der Waals surface area contributed by atoms with Crippen molar-refractivity contribution in [2.75, 3.05) is 33.0 Å². The van der Waals surface area contributed by atoms with E-state index in [1.165, 1.54) is 10.8 Å². The molecule has 9 nitrogen and oxygen atoms in total. The van der Waals surface area contributed by atoms with E-state index >= 15 is 0 Å². The largest absolute Gasteiger partial charge is 0.486 e. The number of benzene rings is 2. The molecule has 0 spiro atoms. The number of hydrogen-bond donors (Lipinski definition) is 1. The Kier molecular flexibility index (Phi) is 7.19. The van der Waals surface area contributed by atoms with Crippen molar-refractivity contribution in [3.8, 4) is 17.2 Å². The molecule has 11 heteroatoms. The Balaban J connectivity index is 1.27. The number of amides is 1. The Morgan fingerprint density at radius 3 is 2.43 bits per heavy atom. The van der Waals surface area contributed by atoms with E-state index in [4.69, 9.17) is 37.4 Å². The molecular formula is C26H25Cl2N3O6. The first kappa shape index (κ1) is 25.3. The molecule has 1 N–H and O–H groups in total. The van der Waals surface area contributed by atoms with Gasteiger partial charge in [-0.15, -0.1) is 0 Å². The van der Waals surface area contributed by atoms with Crippen molar-refractivity contribution < 1.29 is 28.9 Å². The first-order valence-electron chi connectivity index (χ1n) is 11.7. The molecule has 0 unspecified atom stereocenters. The molecule has 1 saturated heterocycles. The summed E-state index contributed by atoms with van der Waals surface area (Å²) < 4.78 is 18.2. The maximum atomic E-state index is 13.5. The summed E-state index contributed by atoms with van der Waals surface area (Å²) in [4.78, 5) is 29.4. The minimum Gasteiger partial charge on any atom is -0.486 e. The second kappa shape index (κ2) is 10.5. The summed E-state index contributed by atoms with van der Waals surface area (Å²) in [6.45, 7) is 3.36. The molecule has 0 bridgehead atoms. The van der Waals surface area contributed by atoms with E-state index in [1.54, 1.807) is 30.1 Å². The Labute approximate surface area is 223 Å². The van der Waals surface area contributed by atoms with E-state index in [9.17, 15) is 14.7 Å². The van der Waals surface area contributed by atoms with Crippen LogP contribution in [0.5, 0.6) is 17.2 Å².